The Kier molecular flexibility index (Phi) is 4.91. The number of hydrogen-bond donors (Lipinski definition) is 1. The molecule has 6 heteroatoms. The van der Waals surface area contributed by atoms with E-state index in [0.717, 1.165) is 17.7 Å². The third-order valence-corrected chi connectivity index (χ3v) is 5.59. The summed E-state index contributed by atoms with van der Waals surface area (Å²) in [4.78, 5) is 0.328. The van der Waals surface area contributed by atoms with Gasteiger partial charge in [-0.2, -0.15) is 4.31 Å². The van der Waals surface area contributed by atoms with Gasteiger partial charge in [0.2, 0.25) is 10.0 Å². The zero-order chi connectivity index (χ0) is 15.6. The quantitative estimate of drug-likeness (QED) is 0.899. The lowest BCUT2D eigenvalue weighted by Gasteiger charge is -2.18. The van der Waals surface area contributed by atoms with E-state index < -0.39 is 10.0 Å². The minimum atomic E-state index is -3.43. The summed E-state index contributed by atoms with van der Waals surface area (Å²) in [5, 5.41) is 0. The van der Waals surface area contributed by atoms with Gasteiger partial charge in [-0.15, -0.1) is 0 Å². The third-order valence-electron chi connectivity index (χ3n) is 3.73. The summed E-state index contributed by atoms with van der Waals surface area (Å²) in [7, 11) is -3.43. The average Bonchev–Trinajstić information content (AvgIpc) is 2.90. The van der Waals surface area contributed by atoms with Crippen molar-refractivity contribution in [3.05, 3.63) is 23.8 Å². The van der Waals surface area contributed by atoms with Crippen molar-refractivity contribution >= 4 is 10.0 Å². The van der Waals surface area contributed by atoms with Gasteiger partial charge in [0.1, 0.15) is 5.75 Å². The topological polar surface area (TPSA) is 72.6 Å². The molecule has 0 bridgehead atoms. The molecule has 0 aromatic heterocycles. The van der Waals surface area contributed by atoms with Crippen LogP contribution in [0, 0.1) is 12.8 Å². The smallest absolute Gasteiger partial charge is 0.243 e. The highest BCUT2D eigenvalue weighted by molar-refractivity contribution is 7.89. The Balaban J connectivity index is 2.23. The second kappa shape index (κ2) is 6.34. The van der Waals surface area contributed by atoms with Gasteiger partial charge < -0.3 is 10.5 Å². The molecular formula is C15H24N2O3S. The first-order valence-electron chi connectivity index (χ1n) is 7.32. The number of benzene rings is 1. The van der Waals surface area contributed by atoms with E-state index in [1.165, 1.54) is 4.31 Å². The SMILES string of the molecule is Cc1cc(S(=O)(=O)N2CC[C@@H](CN)C2)ccc1OC(C)C. The van der Waals surface area contributed by atoms with E-state index in [1.807, 2.05) is 20.8 Å². The highest BCUT2D eigenvalue weighted by Gasteiger charge is 2.32. The first-order chi connectivity index (χ1) is 9.84. The number of aryl methyl sites for hydroxylation is 1. The summed E-state index contributed by atoms with van der Waals surface area (Å²) < 4.78 is 32.4. The molecule has 1 aromatic carbocycles. The Morgan fingerprint density at radius 2 is 2.14 bits per heavy atom. The Hall–Kier alpha value is -1.11. The number of rotatable bonds is 5. The summed E-state index contributed by atoms with van der Waals surface area (Å²) in [6.07, 6.45) is 0.901. The minimum absolute atomic E-state index is 0.0649. The summed E-state index contributed by atoms with van der Waals surface area (Å²) in [6, 6.07) is 5.04. The van der Waals surface area contributed by atoms with Crippen LogP contribution in [0.3, 0.4) is 0 Å². The van der Waals surface area contributed by atoms with Crippen LogP contribution in [0.25, 0.3) is 0 Å². The number of sulfonamides is 1. The fraction of sp³-hybridized carbons (Fsp3) is 0.600. The van der Waals surface area contributed by atoms with Gasteiger partial charge in [-0.1, -0.05) is 0 Å². The minimum Gasteiger partial charge on any atom is -0.491 e. The first-order valence-corrected chi connectivity index (χ1v) is 8.76. The van der Waals surface area contributed by atoms with Crippen molar-refractivity contribution in [2.75, 3.05) is 19.6 Å². The van der Waals surface area contributed by atoms with Gasteiger partial charge in [-0.3, -0.25) is 0 Å². The van der Waals surface area contributed by atoms with E-state index >= 15 is 0 Å². The van der Waals surface area contributed by atoms with Gasteiger partial charge in [-0.25, -0.2) is 8.42 Å². The fourth-order valence-electron chi connectivity index (χ4n) is 2.53. The van der Waals surface area contributed by atoms with Crippen molar-refractivity contribution in [1.29, 1.82) is 0 Å². The van der Waals surface area contributed by atoms with Gasteiger partial charge >= 0.3 is 0 Å². The highest BCUT2D eigenvalue weighted by atomic mass is 32.2. The Morgan fingerprint density at radius 3 is 2.67 bits per heavy atom. The number of nitrogens with zero attached hydrogens (tertiary/aromatic N) is 1. The molecule has 0 aliphatic carbocycles. The molecule has 1 saturated heterocycles. The maximum absolute atomic E-state index is 12.6. The molecule has 1 aliphatic heterocycles. The number of ether oxygens (including phenoxy) is 1. The molecule has 0 unspecified atom stereocenters. The van der Waals surface area contributed by atoms with Crippen LogP contribution in [0.4, 0.5) is 0 Å². The molecule has 0 saturated carbocycles. The van der Waals surface area contributed by atoms with Crippen LogP contribution in [0.2, 0.25) is 0 Å². The van der Waals surface area contributed by atoms with Crippen LogP contribution >= 0.6 is 0 Å². The molecule has 1 heterocycles. The second-order valence-corrected chi connectivity index (χ2v) is 7.79. The van der Waals surface area contributed by atoms with E-state index in [-0.39, 0.29) is 12.0 Å². The lowest BCUT2D eigenvalue weighted by molar-refractivity contribution is 0.240. The van der Waals surface area contributed by atoms with Crippen LogP contribution in [-0.2, 0) is 10.0 Å². The summed E-state index contributed by atoms with van der Waals surface area (Å²) in [6.45, 7) is 7.35. The predicted octanol–water partition coefficient (Wildman–Crippen LogP) is 1.75. The van der Waals surface area contributed by atoms with Crippen molar-refractivity contribution in [2.45, 2.75) is 38.2 Å². The number of hydrogen-bond acceptors (Lipinski definition) is 4. The maximum Gasteiger partial charge on any atom is 0.243 e. The molecule has 118 valence electrons. The van der Waals surface area contributed by atoms with Gasteiger partial charge in [0, 0.05) is 13.1 Å². The Labute approximate surface area is 127 Å². The standard InChI is InChI=1S/C15H24N2O3S/c1-11(2)20-15-5-4-14(8-12(15)3)21(18,19)17-7-6-13(9-16)10-17/h4-5,8,11,13H,6-7,9-10,16H2,1-3H3/t13-/m0/s1. The Morgan fingerprint density at radius 1 is 1.43 bits per heavy atom. The van der Waals surface area contributed by atoms with E-state index in [4.69, 9.17) is 10.5 Å². The first kappa shape index (κ1) is 16.3. The summed E-state index contributed by atoms with van der Waals surface area (Å²) >= 11 is 0. The van der Waals surface area contributed by atoms with Crippen molar-refractivity contribution in [3.63, 3.8) is 0 Å². The molecule has 1 fully saturated rings. The lowest BCUT2D eigenvalue weighted by atomic mass is 10.1. The molecule has 0 amide bonds. The van der Waals surface area contributed by atoms with Gasteiger partial charge in [0.25, 0.3) is 0 Å². The average molecular weight is 312 g/mol. The fourth-order valence-corrected chi connectivity index (χ4v) is 4.14. The van der Waals surface area contributed by atoms with Crippen molar-refractivity contribution in [1.82, 2.24) is 4.31 Å². The van der Waals surface area contributed by atoms with Crippen molar-refractivity contribution < 1.29 is 13.2 Å². The molecule has 5 nitrogen and oxygen atoms in total. The zero-order valence-electron chi connectivity index (χ0n) is 12.9. The normalized spacial score (nSPS) is 20.1. The third kappa shape index (κ3) is 3.56. The number of nitrogens with two attached hydrogens (primary N) is 1. The lowest BCUT2D eigenvalue weighted by Crippen LogP contribution is -2.30. The van der Waals surface area contributed by atoms with Gasteiger partial charge in [-0.05, 0) is 63.4 Å². The molecule has 1 aromatic rings. The van der Waals surface area contributed by atoms with E-state index in [2.05, 4.69) is 0 Å². The van der Waals surface area contributed by atoms with E-state index in [1.54, 1.807) is 18.2 Å². The van der Waals surface area contributed by atoms with Crippen LogP contribution in [0.15, 0.2) is 23.1 Å². The largest absolute Gasteiger partial charge is 0.491 e. The molecule has 2 N–H and O–H groups in total. The Bertz CT molecular complexity index is 599. The summed E-state index contributed by atoms with van der Waals surface area (Å²) in [5.74, 6) is 0.995. The maximum atomic E-state index is 12.6. The molecular weight excluding hydrogens is 288 g/mol. The second-order valence-electron chi connectivity index (χ2n) is 5.85. The van der Waals surface area contributed by atoms with Crippen LogP contribution in [0.1, 0.15) is 25.8 Å². The summed E-state index contributed by atoms with van der Waals surface area (Å²) in [5.41, 5.74) is 6.46. The molecule has 1 atom stereocenters. The molecule has 1 aliphatic rings. The zero-order valence-corrected chi connectivity index (χ0v) is 13.7. The van der Waals surface area contributed by atoms with Crippen LogP contribution in [0.5, 0.6) is 5.75 Å². The van der Waals surface area contributed by atoms with Crippen LogP contribution < -0.4 is 10.5 Å². The predicted molar refractivity (Wildman–Crippen MR) is 82.9 cm³/mol. The van der Waals surface area contributed by atoms with E-state index in [9.17, 15) is 8.42 Å². The van der Waals surface area contributed by atoms with Crippen LogP contribution in [-0.4, -0.2) is 38.5 Å². The monoisotopic (exact) mass is 312 g/mol. The van der Waals surface area contributed by atoms with E-state index in [0.29, 0.717) is 24.5 Å². The highest BCUT2D eigenvalue weighted by Crippen LogP contribution is 2.27. The van der Waals surface area contributed by atoms with Crippen molar-refractivity contribution in [2.24, 2.45) is 11.7 Å². The van der Waals surface area contributed by atoms with Gasteiger partial charge in [0.15, 0.2) is 0 Å². The van der Waals surface area contributed by atoms with Crippen molar-refractivity contribution in [3.8, 4) is 5.75 Å². The van der Waals surface area contributed by atoms with Gasteiger partial charge in [0.05, 0.1) is 11.0 Å². The molecule has 2 rings (SSSR count). The molecule has 21 heavy (non-hydrogen) atoms. The molecule has 0 spiro atoms. The molecule has 0 radical (unpaired) electrons.